The predicted octanol–water partition coefficient (Wildman–Crippen LogP) is 1.82. The lowest BCUT2D eigenvalue weighted by Gasteiger charge is -2.37. The minimum absolute atomic E-state index is 0.115. The molecule has 1 saturated heterocycles. The second-order valence-corrected chi connectivity index (χ2v) is 8.07. The fourth-order valence-electron chi connectivity index (χ4n) is 3.09. The molecule has 0 spiro atoms. The van der Waals surface area contributed by atoms with Crippen molar-refractivity contribution in [2.24, 2.45) is 11.8 Å². The maximum atomic E-state index is 12.0. The summed E-state index contributed by atoms with van der Waals surface area (Å²) in [5.41, 5.74) is -0.473. The molecule has 0 aromatic carbocycles. The van der Waals surface area contributed by atoms with Crippen molar-refractivity contribution in [1.82, 2.24) is 25.5 Å². The normalized spacial score (nSPS) is 24.8. The third kappa shape index (κ3) is 4.36. The summed E-state index contributed by atoms with van der Waals surface area (Å²) in [4.78, 5) is 14.2. The average Bonchev–Trinajstić information content (AvgIpc) is 3.15. The zero-order valence-corrected chi connectivity index (χ0v) is 15.0. The van der Waals surface area contributed by atoms with Crippen molar-refractivity contribution in [2.45, 2.75) is 65.1 Å². The number of aromatic nitrogens is 4. The van der Waals surface area contributed by atoms with Gasteiger partial charge in [0.05, 0.1) is 0 Å². The number of nitrogens with zero attached hydrogens (tertiary/aromatic N) is 5. The van der Waals surface area contributed by atoms with Crippen LogP contribution < -0.4 is 10.2 Å². The number of tetrazole rings is 1. The number of nitrogens with one attached hydrogen (secondary N) is 1. The number of anilines is 1. The average molecular weight is 336 g/mol. The number of carbonyl (C=O) groups excluding carboxylic acids is 1. The molecule has 2 aliphatic rings. The van der Waals surface area contributed by atoms with E-state index < -0.39 is 5.60 Å². The van der Waals surface area contributed by atoms with Gasteiger partial charge in [-0.2, -0.15) is 0 Å². The molecular weight excluding hydrogens is 308 g/mol. The standard InChI is InChI=1S/C16H28N6O2/c1-11-9-21(14-18-19-20-22(14)10-12-5-6-12)8-7-13(11)17-15(23)24-16(2,3)4/h11-13H,5-10H2,1-4H3,(H,17,23). The highest BCUT2D eigenvalue weighted by atomic mass is 16.6. The van der Waals surface area contributed by atoms with Crippen LogP contribution >= 0.6 is 0 Å². The summed E-state index contributed by atoms with van der Waals surface area (Å²) >= 11 is 0. The summed E-state index contributed by atoms with van der Waals surface area (Å²) in [7, 11) is 0. The lowest BCUT2D eigenvalue weighted by molar-refractivity contribution is 0.0480. The van der Waals surface area contributed by atoms with Crippen molar-refractivity contribution in [2.75, 3.05) is 18.0 Å². The molecular formula is C16H28N6O2. The Morgan fingerprint density at radius 3 is 2.71 bits per heavy atom. The van der Waals surface area contributed by atoms with Gasteiger partial charge in [0.2, 0.25) is 5.95 Å². The van der Waals surface area contributed by atoms with Crippen molar-refractivity contribution in [3.63, 3.8) is 0 Å². The second kappa shape index (κ2) is 6.57. The van der Waals surface area contributed by atoms with E-state index >= 15 is 0 Å². The summed E-state index contributed by atoms with van der Waals surface area (Å²) in [6.07, 6.45) is 3.07. The minimum atomic E-state index is -0.473. The van der Waals surface area contributed by atoms with E-state index in [0.717, 1.165) is 37.9 Å². The number of hydrogen-bond donors (Lipinski definition) is 1. The van der Waals surface area contributed by atoms with E-state index in [1.54, 1.807) is 0 Å². The van der Waals surface area contributed by atoms with Gasteiger partial charge in [-0.15, -0.1) is 0 Å². The lowest BCUT2D eigenvalue weighted by atomic mass is 9.94. The molecule has 1 aliphatic heterocycles. The molecule has 1 N–H and O–H groups in total. The molecule has 134 valence electrons. The third-order valence-electron chi connectivity index (χ3n) is 4.53. The van der Waals surface area contributed by atoms with Crippen LogP contribution in [0.1, 0.15) is 47.0 Å². The van der Waals surface area contributed by atoms with Crippen molar-refractivity contribution in [3.05, 3.63) is 0 Å². The van der Waals surface area contributed by atoms with E-state index in [-0.39, 0.29) is 12.1 Å². The number of hydrogen-bond acceptors (Lipinski definition) is 6. The van der Waals surface area contributed by atoms with Gasteiger partial charge in [0, 0.05) is 25.7 Å². The van der Waals surface area contributed by atoms with Gasteiger partial charge in [0.1, 0.15) is 5.60 Å². The first-order valence-corrected chi connectivity index (χ1v) is 8.82. The van der Waals surface area contributed by atoms with Crippen molar-refractivity contribution in [3.8, 4) is 0 Å². The minimum Gasteiger partial charge on any atom is -0.444 e. The highest BCUT2D eigenvalue weighted by Crippen LogP contribution is 2.31. The molecule has 2 unspecified atom stereocenters. The molecule has 8 nitrogen and oxygen atoms in total. The smallest absolute Gasteiger partial charge is 0.407 e. The second-order valence-electron chi connectivity index (χ2n) is 8.07. The molecule has 1 aliphatic carbocycles. The van der Waals surface area contributed by atoms with Gasteiger partial charge < -0.3 is 15.0 Å². The van der Waals surface area contributed by atoms with Crippen LogP contribution in [-0.4, -0.2) is 51.0 Å². The Hall–Kier alpha value is -1.86. The fraction of sp³-hybridized carbons (Fsp3) is 0.875. The summed E-state index contributed by atoms with van der Waals surface area (Å²) in [6, 6.07) is 0.115. The van der Waals surface area contributed by atoms with Crippen molar-refractivity contribution in [1.29, 1.82) is 0 Å². The Morgan fingerprint density at radius 2 is 2.08 bits per heavy atom. The Kier molecular flexibility index (Phi) is 4.64. The van der Waals surface area contributed by atoms with Crippen LogP contribution in [0.4, 0.5) is 10.7 Å². The number of amides is 1. The number of alkyl carbamates (subject to hydrolysis) is 1. The van der Waals surface area contributed by atoms with E-state index in [1.807, 2.05) is 25.5 Å². The van der Waals surface area contributed by atoms with Gasteiger partial charge in [0.25, 0.3) is 0 Å². The number of carbonyl (C=O) groups is 1. The number of ether oxygens (including phenoxy) is 1. The lowest BCUT2D eigenvalue weighted by Crippen LogP contribution is -2.51. The summed E-state index contributed by atoms with van der Waals surface area (Å²) < 4.78 is 7.28. The molecule has 2 atom stereocenters. The van der Waals surface area contributed by atoms with Crippen molar-refractivity contribution >= 4 is 12.0 Å². The Bertz CT molecular complexity index is 577. The number of piperidine rings is 1. The Labute approximate surface area is 142 Å². The van der Waals surface area contributed by atoms with Crippen LogP contribution in [0.2, 0.25) is 0 Å². The molecule has 8 heteroatoms. The summed E-state index contributed by atoms with van der Waals surface area (Å²) in [5, 5.41) is 15.2. The molecule has 0 radical (unpaired) electrons. The Balaban J connectivity index is 1.55. The molecule has 3 rings (SSSR count). The van der Waals surface area contributed by atoms with Gasteiger partial charge in [-0.25, -0.2) is 9.48 Å². The summed E-state index contributed by atoms with van der Waals surface area (Å²) in [6.45, 7) is 10.3. The predicted molar refractivity (Wildman–Crippen MR) is 89.7 cm³/mol. The van der Waals surface area contributed by atoms with E-state index in [2.05, 4.69) is 32.7 Å². The van der Waals surface area contributed by atoms with Crippen LogP contribution in [0.5, 0.6) is 0 Å². The highest BCUT2D eigenvalue weighted by Gasteiger charge is 2.32. The maximum absolute atomic E-state index is 12.0. The van der Waals surface area contributed by atoms with Crippen LogP contribution in [-0.2, 0) is 11.3 Å². The van der Waals surface area contributed by atoms with Crippen molar-refractivity contribution < 1.29 is 9.53 Å². The van der Waals surface area contributed by atoms with Gasteiger partial charge in [-0.3, -0.25) is 0 Å². The first-order chi connectivity index (χ1) is 11.3. The molecule has 0 bridgehead atoms. The SMILES string of the molecule is CC1CN(c2nnnn2CC2CC2)CCC1NC(=O)OC(C)(C)C. The van der Waals surface area contributed by atoms with E-state index in [1.165, 1.54) is 12.8 Å². The number of rotatable bonds is 4. The monoisotopic (exact) mass is 336 g/mol. The topological polar surface area (TPSA) is 85.2 Å². The van der Waals surface area contributed by atoms with Gasteiger partial charge >= 0.3 is 6.09 Å². The molecule has 2 heterocycles. The molecule has 1 amide bonds. The Morgan fingerprint density at radius 1 is 1.33 bits per heavy atom. The van der Waals surface area contributed by atoms with Crippen LogP contribution in [0.3, 0.4) is 0 Å². The van der Waals surface area contributed by atoms with E-state index in [4.69, 9.17) is 4.74 Å². The molecule has 1 aromatic heterocycles. The quantitative estimate of drug-likeness (QED) is 0.903. The van der Waals surface area contributed by atoms with Crippen LogP contribution in [0, 0.1) is 11.8 Å². The largest absolute Gasteiger partial charge is 0.444 e. The van der Waals surface area contributed by atoms with Crippen LogP contribution in [0.25, 0.3) is 0 Å². The molecule has 1 saturated carbocycles. The fourth-order valence-corrected chi connectivity index (χ4v) is 3.09. The highest BCUT2D eigenvalue weighted by molar-refractivity contribution is 5.68. The third-order valence-corrected chi connectivity index (χ3v) is 4.53. The molecule has 24 heavy (non-hydrogen) atoms. The van der Waals surface area contributed by atoms with Gasteiger partial charge in [-0.1, -0.05) is 12.0 Å². The van der Waals surface area contributed by atoms with Gasteiger partial charge in [-0.05, 0) is 62.3 Å². The first kappa shape index (κ1) is 17.0. The first-order valence-electron chi connectivity index (χ1n) is 8.82. The van der Waals surface area contributed by atoms with Gasteiger partial charge in [0.15, 0.2) is 0 Å². The molecule has 2 fully saturated rings. The maximum Gasteiger partial charge on any atom is 0.407 e. The van der Waals surface area contributed by atoms with E-state index in [9.17, 15) is 4.79 Å². The zero-order valence-electron chi connectivity index (χ0n) is 15.0. The molecule has 1 aromatic rings. The van der Waals surface area contributed by atoms with E-state index in [0.29, 0.717) is 5.92 Å². The summed E-state index contributed by atoms with van der Waals surface area (Å²) in [5.74, 6) is 1.89. The van der Waals surface area contributed by atoms with Crippen LogP contribution in [0.15, 0.2) is 0 Å². The zero-order chi connectivity index (χ0) is 17.3.